The first-order valence-electron chi connectivity index (χ1n) is 6.09. The van der Waals surface area contributed by atoms with Crippen molar-refractivity contribution in [2.75, 3.05) is 0 Å². The molecule has 96 valence electrons. The fraction of sp³-hybridized carbons (Fsp3) is 0.214. The third kappa shape index (κ3) is 1.93. The van der Waals surface area contributed by atoms with Crippen molar-refractivity contribution in [2.24, 2.45) is 0 Å². The molecule has 0 spiro atoms. The summed E-state index contributed by atoms with van der Waals surface area (Å²) in [6, 6.07) is 5.53. The molecule has 1 saturated heterocycles. The van der Waals surface area contributed by atoms with Crippen LogP contribution in [0, 0.1) is 0 Å². The van der Waals surface area contributed by atoms with Crippen molar-refractivity contribution in [3.8, 4) is 0 Å². The topological polar surface area (TPSA) is 79.0 Å². The number of amides is 2. The van der Waals surface area contributed by atoms with Gasteiger partial charge in [-0.3, -0.25) is 19.7 Å². The Labute approximate surface area is 109 Å². The predicted octanol–water partition coefficient (Wildman–Crippen LogP) is 1.50. The second-order valence-corrected chi connectivity index (χ2v) is 4.67. The maximum Gasteiger partial charge on any atom is 0.234 e. The predicted molar refractivity (Wildman–Crippen MR) is 68.8 cm³/mol. The van der Waals surface area contributed by atoms with E-state index in [2.05, 4.69) is 10.3 Å². The van der Waals surface area contributed by atoms with Crippen LogP contribution in [0.25, 0.3) is 10.9 Å². The highest BCUT2D eigenvalue weighted by molar-refractivity contribution is 6.02. The monoisotopic (exact) mass is 256 g/mol. The zero-order valence-electron chi connectivity index (χ0n) is 10.1. The van der Waals surface area contributed by atoms with Crippen LogP contribution in [-0.2, 0) is 9.59 Å². The highest BCUT2D eigenvalue weighted by Crippen LogP contribution is 2.28. The van der Waals surface area contributed by atoms with Gasteiger partial charge in [0.05, 0.1) is 5.92 Å². The van der Waals surface area contributed by atoms with Gasteiger partial charge < -0.3 is 4.98 Å². The number of nitrogens with one attached hydrogen (secondary N) is 2. The van der Waals surface area contributed by atoms with E-state index >= 15 is 0 Å². The van der Waals surface area contributed by atoms with Crippen LogP contribution in [0.1, 0.15) is 34.7 Å². The zero-order valence-corrected chi connectivity index (χ0v) is 10.1. The van der Waals surface area contributed by atoms with Gasteiger partial charge in [0.2, 0.25) is 11.8 Å². The van der Waals surface area contributed by atoms with E-state index < -0.39 is 0 Å². The molecular weight excluding hydrogens is 244 g/mol. The van der Waals surface area contributed by atoms with Gasteiger partial charge in [-0.15, -0.1) is 0 Å². The molecule has 2 aromatic rings. The molecule has 19 heavy (non-hydrogen) atoms. The Morgan fingerprint density at radius 2 is 2.11 bits per heavy atom. The van der Waals surface area contributed by atoms with Crippen LogP contribution >= 0.6 is 0 Å². The lowest BCUT2D eigenvalue weighted by atomic mass is 9.90. The molecule has 5 nitrogen and oxygen atoms in total. The van der Waals surface area contributed by atoms with E-state index in [9.17, 15) is 14.4 Å². The molecule has 2 N–H and O–H groups in total. The number of fused-ring (bicyclic) bond motifs is 1. The van der Waals surface area contributed by atoms with E-state index in [1.54, 1.807) is 6.20 Å². The van der Waals surface area contributed by atoms with Gasteiger partial charge in [-0.25, -0.2) is 0 Å². The van der Waals surface area contributed by atoms with Gasteiger partial charge in [0.1, 0.15) is 0 Å². The average Bonchev–Trinajstić information content (AvgIpc) is 2.80. The molecule has 0 bridgehead atoms. The Balaban J connectivity index is 1.99. The van der Waals surface area contributed by atoms with Gasteiger partial charge in [0.15, 0.2) is 6.29 Å². The van der Waals surface area contributed by atoms with E-state index in [-0.39, 0.29) is 17.7 Å². The first-order valence-corrected chi connectivity index (χ1v) is 6.09. The standard InChI is InChI=1S/C14H12N2O3/c17-7-9-6-15-12-5-8(1-2-10(9)12)11-3-4-13(18)16-14(11)19/h1-2,5-7,11,15H,3-4H2,(H,16,18,19). The van der Waals surface area contributed by atoms with Crippen LogP contribution in [0.4, 0.5) is 0 Å². The second kappa shape index (κ2) is 4.35. The molecule has 2 amide bonds. The molecule has 1 aliphatic heterocycles. The van der Waals surface area contributed by atoms with Gasteiger partial charge in [-0.2, -0.15) is 0 Å². The summed E-state index contributed by atoms with van der Waals surface area (Å²) in [5.41, 5.74) is 2.28. The quantitative estimate of drug-likeness (QED) is 0.631. The Hall–Kier alpha value is -2.43. The van der Waals surface area contributed by atoms with Crippen molar-refractivity contribution in [1.82, 2.24) is 10.3 Å². The lowest BCUT2D eigenvalue weighted by Crippen LogP contribution is -2.39. The molecule has 1 atom stereocenters. The normalized spacial score (nSPS) is 19.5. The SMILES string of the molecule is O=Cc1c[nH]c2cc(C3CCC(=O)NC3=O)ccc12. The Morgan fingerprint density at radius 1 is 1.26 bits per heavy atom. The summed E-state index contributed by atoms with van der Waals surface area (Å²) in [5.74, 6) is -0.770. The van der Waals surface area contributed by atoms with Gasteiger partial charge in [0.25, 0.3) is 0 Å². The number of aromatic nitrogens is 1. The third-order valence-corrected chi connectivity index (χ3v) is 3.51. The second-order valence-electron chi connectivity index (χ2n) is 4.67. The Morgan fingerprint density at radius 3 is 2.84 bits per heavy atom. The summed E-state index contributed by atoms with van der Waals surface area (Å²) >= 11 is 0. The summed E-state index contributed by atoms with van der Waals surface area (Å²) in [6.45, 7) is 0. The molecule has 0 aliphatic carbocycles. The third-order valence-electron chi connectivity index (χ3n) is 3.51. The van der Waals surface area contributed by atoms with Crippen LogP contribution in [-0.4, -0.2) is 23.1 Å². The lowest BCUT2D eigenvalue weighted by molar-refractivity contribution is -0.134. The van der Waals surface area contributed by atoms with Crippen molar-refractivity contribution in [3.63, 3.8) is 0 Å². The summed E-state index contributed by atoms with van der Waals surface area (Å²) < 4.78 is 0. The highest BCUT2D eigenvalue weighted by atomic mass is 16.2. The minimum atomic E-state index is -0.301. The number of carbonyl (C=O) groups is 3. The van der Waals surface area contributed by atoms with E-state index in [1.165, 1.54) is 0 Å². The summed E-state index contributed by atoms with van der Waals surface area (Å²) in [7, 11) is 0. The summed E-state index contributed by atoms with van der Waals surface area (Å²) in [6.07, 6.45) is 3.33. The summed E-state index contributed by atoms with van der Waals surface area (Å²) in [5, 5.41) is 3.19. The summed E-state index contributed by atoms with van der Waals surface area (Å²) in [4.78, 5) is 36.8. The van der Waals surface area contributed by atoms with Crippen molar-refractivity contribution < 1.29 is 14.4 Å². The van der Waals surface area contributed by atoms with E-state index in [4.69, 9.17) is 0 Å². The minimum Gasteiger partial charge on any atom is -0.360 e. The molecule has 3 rings (SSSR count). The number of aromatic amines is 1. The molecule has 5 heteroatoms. The number of hydrogen-bond donors (Lipinski definition) is 2. The fourth-order valence-electron chi connectivity index (χ4n) is 2.49. The highest BCUT2D eigenvalue weighted by Gasteiger charge is 2.28. The van der Waals surface area contributed by atoms with Gasteiger partial charge in [-0.1, -0.05) is 12.1 Å². The molecule has 1 aromatic heterocycles. The smallest absolute Gasteiger partial charge is 0.234 e. The van der Waals surface area contributed by atoms with Crippen molar-refractivity contribution >= 4 is 29.0 Å². The number of benzene rings is 1. The van der Waals surface area contributed by atoms with Crippen molar-refractivity contribution in [3.05, 3.63) is 35.5 Å². The molecule has 1 aromatic carbocycles. The fourth-order valence-corrected chi connectivity index (χ4v) is 2.49. The number of hydrogen-bond acceptors (Lipinski definition) is 3. The van der Waals surface area contributed by atoms with Crippen LogP contribution < -0.4 is 5.32 Å². The van der Waals surface area contributed by atoms with Gasteiger partial charge >= 0.3 is 0 Å². The first kappa shape index (κ1) is 11.6. The van der Waals surface area contributed by atoms with E-state index in [1.807, 2.05) is 18.2 Å². The van der Waals surface area contributed by atoms with Gasteiger partial charge in [0, 0.05) is 29.1 Å². The van der Waals surface area contributed by atoms with Crippen LogP contribution in [0.5, 0.6) is 0 Å². The van der Waals surface area contributed by atoms with E-state index in [0.717, 1.165) is 22.8 Å². The molecule has 1 fully saturated rings. The maximum absolute atomic E-state index is 11.8. The molecule has 1 unspecified atom stereocenters. The molecule has 0 saturated carbocycles. The lowest BCUT2D eigenvalue weighted by Gasteiger charge is -2.21. The maximum atomic E-state index is 11.8. The van der Waals surface area contributed by atoms with Crippen LogP contribution in [0.15, 0.2) is 24.4 Å². The number of aldehydes is 1. The number of piperidine rings is 1. The van der Waals surface area contributed by atoms with E-state index in [0.29, 0.717) is 18.4 Å². The molecule has 2 heterocycles. The van der Waals surface area contributed by atoms with Crippen molar-refractivity contribution in [2.45, 2.75) is 18.8 Å². The number of carbonyl (C=O) groups excluding carboxylic acids is 3. The largest absolute Gasteiger partial charge is 0.360 e. The van der Waals surface area contributed by atoms with Crippen LogP contribution in [0.2, 0.25) is 0 Å². The molecule has 0 radical (unpaired) electrons. The zero-order chi connectivity index (χ0) is 13.4. The number of imide groups is 1. The molecule has 1 aliphatic rings. The minimum absolute atomic E-state index is 0.217. The number of H-pyrrole nitrogens is 1. The average molecular weight is 256 g/mol. The Bertz CT molecular complexity index is 687. The Kier molecular flexibility index (Phi) is 2.67. The van der Waals surface area contributed by atoms with Crippen LogP contribution in [0.3, 0.4) is 0 Å². The van der Waals surface area contributed by atoms with Crippen molar-refractivity contribution in [1.29, 1.82) is 0 Å². The molecular formula is C14H12N2O3. The van der Waals surface area contributed by atoms with Gasteiger partial charge in [-0.05, 0) is 18.1 Å². The number of rotatable bonds is 2. The first-order chi connectivity index (χ1) is 9.19.